The Balaban J connectivity index is 3.00. The number of carbonyl (C=O) groups excluding carboxylic acids is 1. The van der Waals surface area contributed by atoms with Crippen LogP contribution in [0.3, 0.4) is 0 Å². The molecular formula is C24H39F2N3O. The van der Waals surface area contributed by atoms with E-state index in [4.69, 9.17) is 11.1 Å². The molecule has 4 nitrogen and oxygen atoms in total. The standard InChI is InChI=1S/C24H39F2N3O/c1-8-20(12-27)23(13-24(25,26)14-23)29-22(28)21(30)19(7)18(6)17(5)16(4)11-9-10-15(2)3/h12,15H,8-11,13-14,27H2,1-7H3,(H2,28,29)/b17-16+,19-18+,20-12+. The van der Waals surface area contributed by atoms with Crippen molar-refractivity contribution in [2.45, 2.75) is 98.5 Å². The smallest absolute Gasteiger partial charge is 0.253 e. The van der Waals surface area contributed by atoms with Gasteiger partial charge in [0.2, 0.25) is 5.78 Å². The molecule has 1 aliphatic rings. The lowest BCUT2D eigenvalue weighted by Gasteiger charge is -2.49. The number of hydrogen-bond acceptors (Lipinski definition) is 3. The number of allylic oxidation sites excluding steroid dienone is 3. The van der Waals surface area contributed by atoms with Gasteiger partial charge < -0.3 is 11.1 Å². The van der Waals surface area contributed by atoms with Crippen LogP contribution in [0.25, 0.3) is 0 Å². The van der Waals surface area contributed by atoms with Gasteiger partial charge in [0.1, 0.15) is 0 Å². The molecule has 0 aromatic heterocycles. The molecule has 0 saturated heterocycles. The van der Waals surface area contributed by atoms with Gasteiger partial charge in [-0.05, 0) is 75.8 Å². The lowest BCUT2D eigenvalue weighted by Crippen LogP contribution is -2.64. The van der Waals surface area contributed by atoms with Gasteiger partial charge in [0.15, 0.2) is 5.84 Å². The topological polar surface area (TPSA) is 79.0 Å². The summed E-state index contributed by atoms with van der Waals surface area (Å²) < 4.78 is 27.3. The highest BCUT2D eigenvalue weighted by Crippen LogP contribution is 2.50. The van der Waals surface area contributed by atoms with Crippen LogP contribution in [0.15, 0.2) is 34.1 Å². The molecule has 0 aliphatic heterocycles. The summed E-state index contributed by atoms with van der Waals surface area (Å²) in [7, 11) is 0. The minimum atomic E-state index is -2.81. The Labute approximate surface area is 180 Å². The lowest BCUT2D eigenvalue weighted by atomic mass is 9.68. The first-order valence-electron chi connectivity index (χ1n) is 10.8. The van der Waals surface area contributed by atoms with Gasteiger partial charge in [0.25, 0.3) is 5.92 Å². The van der Waals surface area contributed by atoms with Crippen LogP contribution < -0.4 is 11.1 Å². The Hall–Kier alpha value is -1.98. The van der Waals surface area contributed by atoms with Crippen LogP contribution in [0.5, 0.6) is 0 Å². The first-order valence-corrected chi connectivity index (χ1v) is 10.8. The number of alkyl halides is 2. The molecule has 170 valence electrons. The van der Waals surface area contributed by atoms with Crippen molar-refractivity contribution in [2.75, 3.05) is 0 Å². The fourth-order valence-electron chi connectivity index (χ4n) is 4.06. The second kappa shape index (κ2) is 10.4. The molecule has 1 rings (SSSR count). The van der Waals surface area contributed by atoms with Crippen LogP contribution in [0.1, 0.15) is 87.0 Å². The molecule has 0 aromatic rings. The summed E-state index contributed by atoms with van der Waals surface area (Å²) in [5, 5.41) is 11.1. The maximum absolute atomic E-state index is 13.7. The van der Waals surface area contributed by atoms with Gasteiger partial charge >= 0.3 is 0 Å². The third-order valence-corrected chi connectivity index (χ3v) is 6.35. The van der Waals surface area contributed by atoms with E-state index in [1.807, 2.05) is 20.8 Å². The molecule has 0 bridgehead atoms. The second-order valence-corrected chi connectivity index (χ2v) is 9.11. The molecular weight excluding hydrogens is 384 g/mol. The van der Waals surface area contributed by atoms with E-state index in [-0.39, 0.29) is 5.84 Å². The first kappa shape index (κ1) is 26.1. The number of ketones is 1. The largest absolute Gasteiger partial charge is 0.405 e. The maximum Gasteiger partial charge on any atom is 0.253 e. The quantitative estimate of drug-likeness (QED) is 0.173. The van der Waals surface area contributed by atoms with E-state index in [0.29, 0.717) is 23.5 Å². The summed E-state index contributed by atoms with van der Waals surface area (Å²) in [6, 6.07) is 0. The van der Waals surface area contributed by atoms with E-state index in [0.717, 1.165) is 30.4 Å². The summed E-state index contributed by atoms with van der Waals surface area (Å²) in [6.07, 6.45) is 4.11. The number of amidine groups is 1. The fourth-order valence-corrected chi connectivity index (χ4v) is 4.06. The SMILES string of the molecule is CC/C(=C\N)C1(NC(=N)C(=O)/C(C)=C(C)/C(C)=C(\C)CCCC(C)C)CC(F)(F)C1. The lowest BCUT2D eigenvalue weighted by molar-refractivity contribution is -0.120. The number of halogens is 2. The minimum absolute atomic E-state index is 0.361. The van der Waals surface area contributed by atoms with Crippen molar-refractivity contribution < 1.29 is 13.6 Å². The van der Waals surface area contributed by atoms with Crippen LogP contribution in [0.4, 0.5) is 8.78 Å². The van der Waals surface area contributed by atoms with Crippen molar-refractivity contribution in [1.82, 2.24) is 5.32 Å². The molecule has 0 amide bonds. The molecule has 0 unspecified atom stereocenters. The average molecular weight is 424 g/mol. The van der Waals surface area contributed by atoms with E-state index in [1.165, 1.54) is 11.8 Å². The van der Waals surface area contributed by atoms with E-state index < -0.39 is 30.1 Å². The van der Waals surface area contributed by atoms with E-state index in [2.05, 4.69) is 26.1 Å². The molecule has 6 heteroatoms. The molecule has 1 aliphatic carbocycles. The van der Waals surface area contributed by atoms with Crippen molar-refractivity contribution in [3.05, 3.63) is 34.1 Å². The summed E-state index contributed by atoms with van der Waals surface area (Å²) in [5.41, 5.74) is 8.71. The van der Waals surface area contributed by atoms with Crippen molar-refractivity contribution in [1.29, 1.82) is 5.41 Å². The molecule has 4 N–H and O–H groups in total. The van der Waals surface area contributed by atoms with Crippen molar-refractivity contribution >= 4 is 11.6 Å². The Morgan fingerprint density at radius 1 is 1.13 bits per heavy atom. The number of nitrogens with one attached hydrogen (secondary N) is 2. The Kier molecular flexibility index (Phi) is 9.00. The molecule has 30 heavy (non-hydrogen) atoms. The Bertz CT molecular complexity index is 752. The van der Waals surface area contributed by atoms with Gasteiger partial charge in [0.05, 0.1) is 5.54 Å². The molecule has 0 spiro atoms. The van der Waals surface area contributed by atoms with Crippen LogP contribution in [-0.2, 0) is 4.79 Å². The number of nitrogens with two attached hydrogens (primary N) is 1. The van der Waals surface area contributed by atoms with Crippen LogP contribution in [0.2, 0.25) is 0 Å². The van der Waals surface area contributed by atoms with Crippen molar-refractivity contribution in [3.63, 3.8) is 0 Å². The zero-order chi connectivity index (χ0) is 23.3. The first-order chi connectivity index (χ1) is 13.8. The van der Waals surface area contributed by atoms with E-state index in [1.54, 1.807) is 6.92 Å². The van der Waals surface area contributed by atoms with Crippen molar-refractivity contribution in [2.24, 2.45) is 11.7 Å². The molecule has 0 heterocycles. The molecule has 0 radical (unpaired) electrons. The minimum Gasteiger partial charge on any atom is -0.405 e. The predicted molar refractivity (Wildman–Crippen MR) is 121 cm³/mol. The van der Waals surface area contributed by atoms with Crippen molar-refractivity contribution in [3.8, 4) is 0 Å². The maximum atomic E-state index is 13.7. The highest BCUT2D eigenvalue weighted by Gasteiger charge is 2.58. The highest BCUT2D eigenvalue weighted by molar-refractivity contribution is 6.44. The third-order valence-electron chi connectivity index (χ3n) is 6.35. The summed E-state index contributed by atoms with van der Waals surface area (Å²) >= 11 is 0. The normalized spacial score (nSPS) is 19.6. The summed E-state index contributed by atoms with van der Waals surface area (Å²) in [5.74, 6) is -2.98. The Morgan fingerprint density at radius 2 is 1.70 bits per heavy atom. The van der Waals surface area contributed by atoms with Crippen LogP contribution in [0, 0.1) is 11.3 Å². The van der Waals surface area contributed by atoms with Crippen LogP contribution in [-0.4, -0.2) is 23.1 Å². The highest BCUT2D eigenvalue weighted by atomic mass is 19.3. The summed E-state index contributed by atoms with van der Waals surface area (Å²) in [4.78, 5) is 12.9. The van der Waals surface area contributed by atoms with Gasteiger partial charge in [-0.25, -0.2) is 8.78 Å². The third kappa shape index (κ3) is 6.26. The fraction of sp³-hybridized carbons (Fsp3) is 0.667. The second-order valence-electron chi connectivity index (χ2n) is 9.11. The van der Waals surface area contributed by atoms with Gasteiger partial charge in [-0.2, -0.15) is 0 Å². The predicted octanol–water partition coefficient (Wildman–Crippen LogP) is 6.04. The average Bonchev–Trinajstić information content (AvgIpc) is 2.64. The molecule has 0 aromatic carbocycles. The van der Waals surface area contributed by atoms with Crippen LogP contribution >= 0.6 is 0 Å². The van der Waals surface area contributed by atoms with Gasteiger partial charge in [-0.15, -0.1) is 0 Å². The molecule has 1 saturated carbocycles. The number of rotatable bonds is 10. The monoisotopic (exact) mass is 423 g/mol. The zero-order valence-corrected chi connectivity index (χ0v) is 19.6. The number of Topliss-reactive ketones (excluding diaryl/α,β-unsaturated/α-hetero) is 1. The van der Waals surface area contributed by atoms with Gasteiger partial charge in [-0.3, -0.25) is 10.2 Å². The van der Waals surface area contributed by atoms with Gasteiger partial charge in [0, 0.05) is 18.4 Å². The van der Waals surface area contributed by atoms with E-state index >= 15 is 0 Å². The molecule has 1 fully saturated rings. The molecule has 0 atom stereocenters. The van der Waals surface area contributed by atoms with Gasteiger partial charge in [-0.1, -0.05) is 32.8 Å². The zero-order valence-electron chi connectivity index (χ0n) is 19.6. The van der Waals surface area contributed by atoms with E-state index in [9.17, 15) is 13.6 Å². The number of hydrogen-bond donors (Lipinski definition) is 3. The Morgan fingerprint density at radius 3 is 2.13 bits per heavy atom. The number of carbonyl (C=O) groups is 1. The summed E-state index contributed by atoms with van der Waals surface area (Å²) in [6.45, 7) is 13.9.